The van der Waals surface area contributed by atoms with Gasteiger partial charge in [-0.05, 0) is 87.8 Å². The highest BCUT2D eigenvalue weighted by Gasteiger charge is 2.46. The molecule has 1 amide bonds. The number of hydrogen-bond donors (Lipinski definition) is 0. The van der Waals surface area contributed by atoms with E-state index in [1.54, 1.807) is 6.07 Å². The largest absolute Gasteiger partial charge is 0.493 e. The molecule has 2 aromatic rings. The lowest BCUT2D eigenvalue weighted by Crippen LogP contribution is -2.44. The molecule has 4 rings (SSSR count). The Balaban J connectivity index is 1.54. The summed E-state index contributed by atoms with van der Waals surface area (Å²) < 4.78 is 83.9. The van der Waals surface area contributed by atoms with E-state index < -0.39 is 49.7 Å². The second-order valence-corrected chi connectivity index (χ2v) is 14.1. The van der Waals surface area contributed by atoms with Gasteiger partial charge in [0.05, 0.1) is 17.9 Å². The summed E-state index contributed by atoms with van der Waals surface area (Å²) >= 11 is 12.4. The number of hydrogen-bond acceptors (Lipinski definition) is 7. The predicted molar refractivity (Wildman–Crippen MR) is 155 cm³/mol. The fraction of sp³-hybridized carbons (Fsp3) is 0.517. The molecule has 1 saturated carbocycles. The highest BCUT2D eigenvalue weighted by molar-refractivity contribution is 7.89. The number of rotatable bonds is 9. The molecule has 15 heteroatoms. The zero-order valence-corrected chi connectivity index (χ0v) is 26.5. The number of halogens is 6. The number of piperidine rings is 1. The molecule has 0 N–H and O–H groups in total. The van der Waals surface area contributed by atoms with E-state index >= 15 is 4.39 Å². The van der Waals surface area contributed by atoms with Crippen molar-refractivity contribution in [1.29, 1.82) is 0 Å². The summed E-state index contributed by atoms with van der Waals surface area (Å²) in [5.41, 5.74) is 0.515. The first kappa shape index (κ1) is 34.3. The summed E-state index contributed by atoms with van der Waals surface area (Å²) in [7, 11) is -4.85. The van der Waals surface area contributed by atoms with Crippen LogP contribution in [0.2, 0.25) is 10.0 Å². The van der Waals surface area contributed by atoms with E-state index in [4.69, 9.17) is 27.9 Å². The summed E-state index contributed by atoms with van der Waals surface area (Å²) in [5, 5.41) is 1.07. The zero-order chi connectivity index (χ0) is 32.6. The van der Waals surface area contributed by atoms with Crippen LogP contribution in [-0.4, -0.2) is 60.8 Å². The van der Waals surface area contributed by atoms with Gasteiger partial charge in [0.25, 0.3) is 10.0 Å². The molecule has 1 heterocycles. The van der Waals surface area contributed by atoms with E-state index in [0.29, 0.717) is 35.0 Å². The van der Waals surface area contributed by atoms with Gasteiger partial charge in [-0.2, -0.15) is 13.2 Å². The molecule has 3 atom stereocenters. The van der Waals surface area contributed by atoms with Crippen molar-refractivity contribution in [2.75, 3.05) is 18.9 Å². The lowest BCUT2D eigenvalue weighted by atomic mass is 9.91. The van der Waals surface area contributed by atoms with Gasteiger partial charge in [-0.1, -0.05) is 27.7 Å². The Morgan fingerprint density at radius 2 is 1.70 bits per heavy atom. The van der Waals surface area contributed by atoms with E-state index in [0.717, 1.165) is 37.5 Å². The Hall–Kier alpha value is -2.61. The summed E-state index contributed by atoms with van der Waals surface area (Å²) in [4.78, 5) is 30.7. The van der Waals surface area contributed by atoms with Gasteiger partial charge < -0.3 is 9.57 Å². The Morgan fingerprint density at radius 3 is 2.27 bits per heavy atom. The van der Waals surface area contributed by atoms with Crippen LogP contribution >= 0.6 is 23.2 Å². The van der Waals surface area contributed by atoms with E-state index in [9.17, 15) is 31.2 Å². The van der Waals surface area contributed by atoms with Crippen molar-refractivity contribution >= 4 is 45.1 Å². The summed E-state index contributed by atoms with van der Waals surface area (Å²) in [6.07, 6.45) is -2.51. The van der Waals surface area contributed by atoms with E-state index in [1.807, 2.05) is 12.1 Å². The maximum Gasteiger partial charge on any atom is 0.493 e. The fourth-order valence-electron chi connectivity index (χ4n) is 5.24. The maximum absolute atomic E-state index is 15.3. The number of carbonyl (C=O) groups excluding carboxylic acids is 2. The van der Waals surface area contributed by atoms with Crippen molar-refractivity contribution in [1.82, 2.24) is 9.37 Å². The molecule has 0 radical (unpaired) electrons. The van der Waals surface area contributed by atoms with Crippen molar-refractivity contribution in [3.05, 3.63) is 62.9 Å². The molecule has 2 fully saturated rings. The second-order valence-electron chi connectivity index (χ2n) is 11.1. The molecule has 0 bridgehead atoms. The van der Waals surface area contributed by atoms with E-state index in [2.05, 4.69) is 23.6 Å². The van der Waals surface area contributed by atoms with Crippen molar-refractivity contribution < 1.29 is 45.1 Å². The van der Waals surface area contributed by atoms with Gasteiger partial charge in [-0.3, -0.25) is 9.69 Å². The molecule has 44 heavy (non-hydrogen) atoms. The van der Waals surface area contributed by atoms with Gasteiger partial charge in [-0.15, -0.1) is 0 Å². The first-order chi connectivity index (χ1) is 20.5. The third-order valence-electron chi connectivity index (χ3n) is 7.89. The minimum atomic E-state index is -5.59. The number of nitrogens with zero attached hydrogens (tertiary/aromatic N) is 2. The number of benzene rings is 2. The third kappa shape index (κ3) is 7.96. The Labute approximate surface area is 263 Å². The second kappa shape index (κ2) is 13.4. The van der Waals surface area contributed by atoms with E-state index in [1.165, 1.54) is 0 Å². The monoisotopic (exact) mass is 682 g/mol. The standard InChI is InChI=1S/C29H32Cl2F4N2O6S/c1-4-44(40,41)37(43-28(39)29(33,34)35)27(38)24-12-23(19-7-8-19)26(13-25(24)32)42-15-18-6-5-16(2)36(14-18)17(3)20-9-21(30)11-22(31)10-20/h9-13,16-19H,4-8,14-15H2,1-3H3/t16-,17+,18-/m1/s1. The maximum atomic E-state index is 15.3. The SMILES string of the molecule is CCS(=O)(=O)N(OC(=O)C(F)(F)F)C(=O)c1cc(C2CC2)c(OC[C@@H]2CC[C@@H](C)N([C@@H](C)c3cc(Cl)cc(Cl)c3)C2)cc1F. The van der Waals surface area contributed by atoms with Gasteiger partial charge in [0.15, 0.2) is 0 Å². The summed E-state index contributed by atoms with van der Waals surface area (Å²) in [6.45, 7) is 6.10. The van der Waals surface area contributed by atoms with Crippen LogP contribution in [0.1, 0.15) is 79.9 Å². The summed E-state index contributed by atoms with van der Waals surface area (Å²) in [6, 6.07) is 7.65. The number of carbonyl (C=O) groups is 2. The highest BCUT2D eigenvalue weighted by atomic mass is 35.5. The van der Waals surface area contributed by atoms with Crippen LogP contribution in [0, 0.1) is 11.7 Å². The first-order valence-electron chi connectivity index (χ1n) is 14.1. The minimum absolute atomic E-state index is 0.00237. The lowest BCUT2D eigenvalue weighted by molar-refractivity contribution is -0.216. The van der Waals surface area contributed by atoms with Crippen molar-refractivity contribution in [3.63, 3.8) is 0 Å². The van der Waals surface area contributed by atoms with Crippen molar-refractivity contribution in [2.45, 2.75) is 70.6 Å². The van der Waals surface area contributed by atoms with Crippen LogP contribution in [-0.2, 0) is 19.7 Å². The average molecular weight is 684 g/mol. The van der Waals surface area contributed by atoms with Crippen molar-refractivity contribution in [2.24, 2.45) is 5.92 Å². The number of amides is 1. The average Bonchev–Trinajstić information content (AvgIpc) is 3.79. The smallest absolute Gasteiger partial charge is 0.493 e. The van der Waals surface area contributed by atoms with Crippen LogP contribution in [0.3, 0.4) is 0 Å². The number of likely N-dealkylation sites (tertiary alicyclic amines) is 1. The van der Waals surface area contributed by atoms with Gasteiger partial charge in [0.1, 0.15) is 11.6 Å². The van der Waals surface area contributed by atoms with Crippen LogP contribution in [0.25, 0.3) is 0 Å². The topological polar surface area (TPSA) is 93.2 Å². The number of alkyl halides is 3. The Morgan fingerprint density at radius 1 is 1.07 bits per heavy atom. The van der Waals surface area contributed by atoms with Crippen LogP contribution in [0.15, 0.2) is 30.3 Å². The molecule has 2 aromatic carbocycles. The quantitative estimate of drug-likeness (QED) is 0.206. The molecule has 1 aliphatic heterocycles. The Kier molecular flexibility index (Phi) is 10.4. The molecule has 1 saturated heterocycles. The molecule has 2 aliphatic rings. The Bertz CT molecular complexity index is 1500. The molecular formula is C29H32Cl2F4N2O6S. The van der Waals surface area contributed by atoms with Gasteiger partial charge in [-0.25, -0.2) is 17.6 Å². The zero-order valence-electron chi connectivity index (χ0n) is 24.2. The molecule has 242 valence electrons. The molecule has 0 unspecified atom stereocenters. The molecular weight excluding hydrogens is 651 g/mol. The van der Waals surface area contributed by atoms with Crippen LogP contribution in [0.5, 0.6) is 5.75 Å². The number of sulfonamides is 1. The fourth-order valence-corrected chi connectivity index (χ4v) is 6.55. The van der Waals surface area contributed by atoms with Crippen molar-refractivity contribution in [3.8, 4) is 5.75 Å². The van der Waals surface area contributed by atoms with Crippen LogP contribution < -0.4 is 4.74 Å². The van der Waals surface area contributed by atoms with Crippen LogP contribution in [0.4, 0.5) is 17.6 Å². The van der Waals surface area contributed by atoms with E-state index in [-0.39, 0.29) is 36.3 Å². The predicted octanol–water partition coefficient (Wildman–Crippen LogP) is 7.06. The van der Waals surface area contributed by atoms with Gasteiger partial charge in [0.2, 0.25) is 0 Å². The van der Waals surface area contributed by atoms with Gasteiger partial charge >= 0.3 is 18.1 Å². The molecule has 1 aliphatic carbocycles. The molecule has 8 nitrogen and oxygen atoms in total. The summed E-state index contributed by atoms with van der Waals surface area (Å²) in [5.74, 6) is -6.73. The number of hydroxylamine groups is 1. The lowest BCUT2D eigenvalue weighted by Gasteiger charge is -2.42. The normalized spacial score (nSPS) is 20.2. The number of ether oxygens (including phenoxy) is 1. The highest BCUT2D eigenvalue weighted by Crippen LogP contribution is 2.45. The minimum Gasteiger partial charge on any atom is -0.493 e. The molecule has 0 aromatic heterocycles. The first-order valence-corrected chi connectivity index (χ1v) is 16.4. The third-order valence-corrected chi connectivity index (χ3v) is 9.81. The molecule has 0 spiro atoms. The van der Waals surface area contributed by atoms with Gasteiger partial charge in [0, 0.05) is 40.7 Å².